The summed E-state index contributed by atoms with van der Waals surface area (Å²) < 4.78 is 0. The Hall–Kier alpha value is -2.88. The third-order valence-corrected chi connectivity index (χ3v) is 3.91. The molecule has 0 aliphatic carbocycles. The molecule has 4 heteroatoms. The van der Waals surface area contributed by atoms with E-state index in [1.807, 2.05) is 25.1 Å². The van der Waals surface area contributed by atoms with Crippen LogP contribution in [-0.4, -0.2) is 9.97 Å². The summed E-state index contributed by atoms with van der Waals surface area (Å²) in [5, 5.41) is 6.63. The minimum Gasteiger partial charge on any atom is -0.340 e. The molecule has 122 valence electrons. The van der Waals surface area contributed by atoms with Crippen LogP contribution in [0.15, 0.2) is 48.5 Å². The molecule has 0 amide bonds. The number of nitrogens with zero attached hydrogens (tertiary/aromatic N) is 2. The molecular weight excluding hydrogens is 296 g/mol. The first kappa shape index (κ1) is 16.0. The maximum Gasteiger partial charge on any atom is 0.229 e. The first-order chi connectivity index (χ1) is 11.5. The van der Waals surface area contributed by atoms with Gasteiger partial charge < -0.3 is 10.6 Å². The number of nitrogens with one attached hydrogen (secondary N) is 2. The fourth-order valence-electron chi connectivity index (χ4n) is 2.51. The summed E-state index contributed by atoms with van der Waals surface area (Å²) in [5.41, 5.74) is 6.65. The summed E-state index contributed by atoms with van der Waals surface area (Å²) in [4.78, 5) is 9.04. The lowest BCUT2D eigenvalue weighted by molar-refractivity contribution is 1.11. The molecule has 0 fully saturated rings. The predicted octanol–water partition coefficient (Wildman–Crippen LogP) is 5.20. The number of anilines is 4. The van der Waals surface area contributed by atoms with E-state index in [9.17, 15) is 0 Å². The largest absolute Gasteiger partial charge is 0.340 e. The molecule has 0 aliphatic heterocycles. The van der Waals surface area contributed by atoms with Crippen LogP contribution in [0.1, 0.15) is 22.4 Å². The van der Waals surface area contributed by atoms with Crippen LogP contribution < -0.4 is 10.6 Å². The first-order valence-electron chi connectivity index (χ1n) is 8.03. The highest BCUT2D eigenvalue weighted by atomic mass is 15.1. The summed E-state index contributed by atoms with van der Waals surface area (Å²) >= 11 is 0. The van der Waals surface area contributed by atoms with E-state index in [-0.39, 0.29) is 0 Å². The third kappa shape index (κ3) is 3.90. The molecule has 2 aromatic carbocycles. The fraction of sp³-hybridized carbons (Fsp3) is 0.200. The van der Waals surface area contributed by atoms with Gasteiger partial charge in [0.05, 0.1) is 0 Å². The minimum atomic E-state index is 0.590. The van der Waals surface area contributed by atoms with Gasteiger partial charge >= 0.3 is 0 Å². The van der Waals surface area contributed by atoms with Crippen molar-refractivity contribution in [3.05, 3.63) is 70.9 Å². The molecule has 0 radical (unpaired) electrons. The fourth-order valence-corrected chi connectivity index (χ4v) is 2.51. The second-order valence-electron chi connectivity index (χ2n) is 6.14. The van der Waals surface area contributed by atoms with Crippen molar-refractivity contribution in [3.63, 3.8) is 0 Å². The molecule has 1 aromatic heterocycles. The van der Waals surface area contributed by atoms with E-state index in [0.29, 0.717) is 5.95 Å². The van der Waals surface area contributed by atoms with E-state index in [4.69, 9.17) is 0 Å². The van der Waals surface area contributed by atoms with Crippen molar-refractivity contribution >= 4 is 23.1 Å². The zero-order chi connectivity index (χ0) is 17.1. The molecule has 0 atom stereocenters. The van der Waals surface area contributed by atoms with Gasteiger partial charge in [0.2, 0.25) is 5.95 Å². The Morgan fingerprint density at radius 3 is 2.25 bits per heavy atom. The topological polar surface area (TPSA) is 49.8 Å². The van der Waals surface area contributed by atoms with Crippen molar-refractivity contribution in [1.29, 1.82) is 0 Å². The number of rotatable bonds is 4. The van der Waals surface area contributed by atoms with Crippen molar-refractivity contribution in [3.8, 4) is 0 Å². The summed E-state index contributed by atoms with van der Waals surface area (Å²) in [6.45, 7) is 8.25. The van der Waals surface area contributed by atoms with E-state index in [0.717, 1.165) is 22.9 Å². The molecule has 3 rings (SSSR count). The van der Waals surface area contributed by atoms with Gasteiger partial charge in [-0.05, 0) is 68.7 Å². The second-order valence-corrected chi connectivity index (χ2v) is 6.14. The Morgan fingerprint density at radius 2 is 1.50 bits per heavy atom. The maximum atomic E-state index is 4.57. The van der Waals surface area contributed by atoms with Gasteiger partial charge in [-0.3, -0.25) is 0 Å². The van der Waals surface area contributed by atoms with Gasteiger partial charge in [0.15, 0.2) is 0 Å². The standard InChI is InChI=1S/C20H22N4/c1-13-6-5-7-17(10-13)23-20-21-16(4)12-19(24-20)22-18-9-8-14(2)15(3)11-18/h5-12H,1-4H3,(H2,21,22,23,24). The average Bonchev–Trinajstić information content (AvgIpc) is 2.50. The summed E-state index contributed by atoms with van der Waals surface area (Å²) in [5.74, 6) is 1.37. The lowest BCUT2D eigenvalue weighted by Gasteiger charge is -2.11. The molecule has 24 heavy (non-hydrogen) atoms. The number of aryl methyl sites for hydroxylation is 4. The smallest absolute Gasteiger partial charge is 0.229 e. The Morgan fingerprint density at radius 1 is 0.708 bits per heavy atom. The van der Waals surface area contributed by atoms with Crippen molar-refractivity contribution in [1.82, 2.24) is 9.97 Å². The Kier molecular flexibility index (Phi) is 4.47. The highest BCUT2D eigenvalue weighted by molar-refractivity contribution is 5.61. The van der Waals surface area contributed by atoms with Crippen LogP contribution in [0.25, 0.3) is 0 Å². The maximum absolute atomic E-state index is 4.57. The van der Waals surface area contributed by atoms with Crippen LogP contribution in [-0.2, 0) is 0 Å². The van der Waals surface area contributed by atoms with E-state index in [2.05, 4.69) is 71.7 Å². The van der Waals surface area contributed by atoms with Crippen molar-refractivity contribution in [2.24, 2.45) is 0 Å². The van der Waals surface area contributed by atoms with Crippen LogP contribution in [0.2, 0.25) is 0 Å². The lowest BCUT2D eigenvalue weighted by atomic mass is 10.1. The molecule has 0 bridgehead atoms. The Bertz CT molecular complexity index is 871. The molecule has 0 unspecified atom stereocenters. The monoisotopic (exact) mass is 318 g/mol. The normalized spacial score (nSPS) is 10.5. The van der Waals surface area contributed by atoms with Gasteiger partial charge in [-0.15, -0.1) is 0 Å². The van der Waals surface area contributed by atoms with E-state index in [1.165, 1.54) is 16.7 Å². The molecule has 0 aliphatic rings. The van der Waals surface area contributed by atoms with Crippen molar-refractivity contribution < 1.29 is 0 Å². The van der Waals surface area contributed by atoms with Crippen LogP contribution in [0.3, 0.4) is 0 Å². The number of aromatic nitrogens is 2. The van der Waals surface area contributed by atoms with Crippen LogP contribution in [0, 0.1) is 27.7 Å². The van der Waals surface area contributed by atoms with Gasteiger partial charge in [0.25, 0.3) is 0 Å². The molecule has 0 spiro atoms. The molecule has 1 heterocycles. The van der Waals surface area contributed by atoms with Crippen LogP contribution >= 0.6 is 0 Å². The molecule has 4 nitrogen and oxygen atoms in total. The average molecular weight is 318 g/mol. The third-order valence-electron chi connectivity index (χ3n) is 3.91. The zero-order valence-corrected chi connectivity index (χ0v) is 14.5. The van der Waals surface area contributed by atoms with E-state index in [1.54, 1.807) is 0 Å². The van der Waals surface area contributed by atoms with E-state index >= 15 is 0 Å². The van der Waals surface area contributed by atoms with Gasteiger partial charge in [0.1, 0.15) is 5.82 Å². The molecule has 2 N–H and O–H groups in total. The first-order valence-corrected chi connectivity index (χ1v) is 8.03. The highest BCUT2D eigenvalue weighted by Crippen LogP contribution is 2.21. The van der Waals surface area contributed by atoms with Gasteiger partial charge in [0, 0.05) is 23.1 Å². The zero-order valence-electron chi connectivity index (χ0n) is 14.5. The Labute approximate surface area is 143 Å². The van der Waals surface area contributed by atoms with Crippen molar-refractivity contribution in [2.75, 3.05) is 10.6 Å². The number of benzene rings is 2. The quantitative estimate of drug-likeness (QED) is 0.694. The molecule has 3 aromatic rings. The summed E-state index contributed by atoms with van der Waals surface area (Å²) in [6, 6.07) is 16.4. The summed E-state index contributed by atoms with van der Waals surface area (Å²) in [6.07, 6.45) is 0. The predicted molar refractivity (Wildman–Crippen MR) is 100 cm³/mol. The molecule has 0 saturated carbocycles. The van der Waals surface area contributed by atoms with Crippen LogP contribution in [0.5, 0.6) is 0 Å². The van der Waals surface area contributed by atoms with Gasteiger partial charge in [-0.1, -0.05) is 18.2 Å². The number of hydrogen-bond acceptors (Lipinski definition) is 4. The van der Waals surface area contributed by atoms with E-state index < -0.39 is 0 Å². The lowest BCUT2D eigenvalue weighted by Crippen LogP contribution is -2.02. The number of hydrogen-bond donors (Lipinski definition) is 2. The molecule has 0 saturated heterocycles. The minimum absolute atomic E-state index is 0.590. The van der Waals surface area contributed by atoms with Crippen molar-refractivity contribution in [2.45, 2.75) is 27.7 Å². The van der Waals surface area contributed by atoms with Crippen LogP contribution in [0.4, 0.5) is 23.1 Å². The summed E-state index contributed by atoms with van der Waals surface area (Å²) in [7, 11) is 0. The highest BCUT2D eigenvalue weighted by Gasteiger charge is 2.04. The second kappa shape index (κ2) is 6.71. The molecular formula is C20H22N4. The SMILES string of the molecule is Cc1cccc(Nc2nc(C)cc(Nc3ccc(C)c(C)c3)n2)c1. The Balaban J connectivity index is 1.84. The van der Waals surface area contributed by atoms with Gasteiger partial charge in [-0.25, -0.2) is 4.98 Å². The van der Waals surface area contributed by atoms with Gasteiger partial charge in [-0.2, -0.15) is 4.98 Å².